The van der Waals surface area contributed by atoms with Crippen molar-refractivity contribution < 1.29 is 9.90 Å². The number of para-hydroxylation sites is 1. The van der Waals surface area contributed by atoms with Gasteiger partial charge >= 0.3 is 0 Å². The number of rotatable bonds is 7. The quantitative estimate of drug-likeness (QED) is 0.365. The molecular weight excluding hydrogens is 452 g/mol. The Hall–Kier alpha value is -4.01. The molecule has 0 bridgehead atoms. The van der Waals surface area contributed by atoms with E-state index in [2.05, 4.69) is 37.6 Å². The van der Waals surface area contributed by atoms with Gasteiger partial charge in [0, 0.05) is 73.9 Å². The van der Waals surface area contributed by atoms with Crippen LogP contribution in [0.25, 0.3) is 22.0 Å². The van der Waals surface area contributed by atoms with Crippen molar-refractivity contribution in [1.29, 1.82) is 0 Å². The van der Waals surface area contributed by atoms with Crippen molar-refractivity contribution in [3.63, 3.8) is 0 Å². The molecule has 5 rings (SSSR count). The molecule has 2 heterocycles. The maximum Gasteiger partial charge on any atom is 0.227 e. The van der Waals surface area contributed by atoms with Crippen LogP contribution in [0, 0.1) is 0 Å². The smallest absolute Gasteiger partial charge is 0.227 e. The van der Waals surface area contributed by atoms with Crippen molar-refractivity contribution in [3.8, 4) is 11.1 Å². The molecule has 1 aliphatic rings. The number of carbonyl (C=O) groups is 1. The monoisotopic (exact) mass is 482 g/mol. The maximum absolute atomic E-state index is 11.5. The molecule has 1 fully saturated rings. The van der Waals surface area contributed by atoms with Gasteiger partial charge in [0.2, 0.25) is 11.9 Å². The lowest BCUT2D eigenvalue weighted by Crippen LogP contribution is -2.47. The predicted molar refractivity (Wildman–Crippen MR) is 145 cm³/mol. The summed E-state index contributed by atoms with van der Waals surface area (Å²) in [6, 6.07) is 22.1. The second kappa shape index (κ2) is 10.7. The van der Waals surface area contributed by atoms with E-state index in [-0.39, 0.29) is 12.5 Å². The number of hydrogen-bond donors (Lipinski definition) is 3. The van der Waals surface area contributed by atoms with Crippen LogP contribution >= 0.6 is 0 Å². The van der Waals surface area contributed by atoms with Gasteiger partial charge in [-0.2, -0.15) is 0 Å². The van der Waals surface area contributed by atoms with Crippen molar-refractivity contribution >= 4 is 39.8 Å². The summed E-state index contributed by atoms with van der Waals surface area (Å²) in [5.74, 6) is 0.423. The highest BCUT2D eigenvalue weighted by atomic mass is 16.3. The Balaban J connectivity index is 1.34. The molecule has 0 spiro atoms. The number of aliphatic hydroxyl groups is 1. The van der Waals surface area contributed by atoms with Crippen LogP contribution in [0.4, 0.5) is 23.0 Å². The molecule has 184 valence electrons. The van der Waals surface area contributed by atoms with Crippen LogP contribution in [0.1, 0.15) is 6.92 Å². The fraction of sp³-hybridized carbons (Fsp3) is 0.250. The molecule has 8 nitrogen and oxygen atoms in total. The van der Waals surface area contributed by atoms with E-state index < -0.39 is 0 Å². The van der Waals surface area contributed by atoms with Crippen molar-refractivity contribution in [1.82, 2.24) is 14.9 Å². The zero-order valence-corrected chi connectivity index (χ0v) is 20.3. The molecule has 1 saturated heterocycles. The number of carbonyl (C=O) groups excluding carboxylic acids is 1. The molecule has 0 radical (unpaired) electrons. The summed E-state index contributed by atoms with van der Waals surface area (Å²) in [7, 11) is 0. The third-order valence-electron chi connectivity index (χ3n) is 6.38. The van der Waals surface area contributed by atoms with Gasteiger partial charge in [-0.25, -0.2) is 9.97 Å². The number of β-amino-alcohol motifs (C(OH)–C–C–N with tert-alkyl or cyclic N) is 1. The van der Waals surface area contributed by atoms with E-state index in [0.29, 0.717) is 5.95 Å². The van der Waals surface area contributed by atoms with Crippen LogP contribution in [-0.2, 0) is 4.79 Å². The van der Waals surface area contributed by atoms with Crippen LogP contribution in [0.3, 0.4) is 0 Å². The Morgan fingerprint density at radius 2 is 1.75 bits per heavy atom. The van der Waals surface area contributed by atoms with Crippen molar-refractivity contribution in [2.75, 3.05) is 54.9 Å². The van der Waals surface area contributed by atoms with Crippen LogP contribution in [0.2, 0.25) is 0 Å². The Morgan fingerprint density at radius 3 is 2.50 bits per heavy atom. The summed E-state index contributed by atoms with van der Waals surface area (Å²) in [5, 5.41) is 16.3. The van der Waals surface area contributed by atoms with Gasteiger partial charge in [-0.1, -0.05) is 30.3 Å². The minimum Gasteiger partial charge on any atom is -0.395 e. The number of aliphatic hydroxyl groups excluding tert-OH is 1. The van der Waals surface area contributed by atoms with E-state index in [1.165, 1.54) is 12.6 Å². The van der Waals surface area contributed by atoms with E-state index in [0.717, 1.165) is 66.1 Å². The number of benzene rings is 3. The van der Waals surface area contributed by atoms with Gasteiger partial charge in [0.1, 0.15) is 0 Å². The largest absolute Gasteiger partial charge is 0.395 e. The number of aromatic nitrogens is 2. The van der Waals surface area contributed by atoms with Crippen molar-refractivity contribution in [3.05, 3.63) is 72.9 Å². The lowest BCUT2D eigenvalue weighted by molar-refractivity contribution is -0.114. The third kappa shape index (κ3) is 5.45. The minimum atomic E-state index is -0.103. The molecule has 3 aromatic carbocycles. The molecule has 1 aliphatic heterocycles. The highest BCUT2D eigenvalue weighted by Gasteiger charge is 2.16. The lowest BCUT2D eigenvalue weighted by Gasteiger charge is -2.35. The average molecular weight is 483 g/mol. The molecule has 3 N–H and O–H groups in total. The number of amides is 1. The van der Waals surface area contributed by atoms with Gasteiger partial charge < -0.3 is 20.6 Å². The molecule has 36 heavy (non-hydrogen) atoms. The van der Waals surface area contributed by atoms with Gasteiger partial charge in [-0.05, 0) is 42.0 Å². The zero-order valence-electron chi connectivity index (χ0n) is 20.3. The fourth-order valence-corrected chi connectivity index (χ4v) is 4.57. The Kier molecular flexibility index (Phi) is 7.06. The second-order valence-electron chi connectivity index (χ2n) is 8.92. The van der Waals surface area contributed by atoms with E-state index in [1.54, 1.807) is 0 Å². The van der Waals surface area contributed by atoms with E-state index in [1.807, 2.05) is 60.8 Å². The number of nitrogens with one attached hydrogen (secondary N) is 2. The van der Waals surface area contributed by atoms with Gasteiger partial charge in [0.15, 0.2) is 0 Å². The first-order chi connectivity index (χ1) is 17.6. The first-order valence-corrected chi connectivity index (χ1v) is 12.2. The average Bonchev–Trinajstić information content (AvgIpc) is 2.89. The molecule has 4 aromatic rings. The topological polar surface area (TPSA) is 93.6 Å². The van der Waals surface area contributed by atoms with E-state index in [4.69, 9.17) is 10.1 Å². The Labute approximate surface area is 210 Å². The SMILES string of the molecule is CC(=O)Nc1cccc(-c2cccc3cnc(Nc4ccc(N5CCN(CCO)CC5)cc4)nc23)c1. The summed E-state index contributed by atoms with van der Waals surface area (Å²) >= 11 is 0. The third-order valence-corrected chi connectivity index (χ3v) is 6.38. The molecule has 8 heteroatoms. The molecule has 1 aromatic heterocycles. The molecular formula is C28H30N6O2. The molecule has 0 aliphatic carbocycles. The molecule has 0 saturated carbocycles. The summed E-state index contributed by atoms with van der Waals surface area (Å²) in [4.78, 5) is 25.5. The van der Waals surface area contributed by atoms with Gasteiger partial charge in [0.05, 0.1) is 12.1 Å². The Bertz CT molecular complexity index is 1350. The number of nitrogens with zero attached hydrogens (tertiary/aromatic N) is 4. The number of piperazine rings is 1. The van der Waals surface area contributed by atoms with Crippen molar-refractivity contribution in [2.45, 2.75) is 6.92 Å². The van der Waals surface area contributed by atoms with Gasteiger partial charge in [-0.15, -0.1) is 0 Å². The Morgan fingerprint density at radius 1 is 0.972 bits per heavy atom. The number of fused-ring (bicyclic) bond motifs is 1. The van der Waals surface area contributed by atoms with Crippen LogP contribution < -0.4 is 15.5 Å². The van der Waals surface area contributed by atoms with Crippen molar-refractivity contribution in [2.24, 2.45) is 0 Å². The summed E-state index contributed by atoms with van der Waals surface area (Å²) in [6.45, 7) is 6.27. The second-order valence-corrected chi connectivity index (χ2v) is 8.92. The number of anilines is 4. The molecule has 1 amide bonds. The van der Waals surface area contributed by atoms with Crippen LogP contribution in [-0.4, -0.2) is 65.2 Å². The first-order valence-electron chi connectivity index (χ1n) is 12.2. The first kappa shape index (κ1) is 23.7. The summed E-state index contributed by atoms with van der Waals surface area (Å²) in [6.07, 6.45) is 1.83. The van der Waals surface area contributed by atoms with Gasteiger partial charge in [-0.3, -0.25) is 9.69 Å². The lowest BCUT2D eigenvalue weighted by atomic mass is 10.0. The van der Waals surface area contributed by atoms with E-state index in [9.17, 15) is 4.79 Å². The fourth-order valence-electron chi connectivity index (χ4n) is 4.57. The van der Waals surface area contributed by atoms with Crippen LogP contribution in [0.15, 0.2) is 72.9 Å². The maximum atomic E-state index is 11.5. The highest BCUT2D eigenvalue weighted by Crippen LogP contribution is 2.30. The summed E-state index contributed by atoms with van der Waals surface area (Å²) < 4.78 is 0. The number of hydrogen-bond acceptors (Lipinski definition) is 7. The van der Waals surface area contributed by atoms with E-state index >= 15 is 0 Å². The van der Waals surface area contributed by atoms with Gasteiger partial charge in [0.25, 0.3) is 0 Å². The normalized spacial score (nSPS) is 14.1. The predicted octanol–water partition coefficient (Wildman–Crippen LogP) is 4.11. The van der Waals surface area contributed by atoms with Crippen LogP contribution in [0.5, 0.6) is 0 Å². The summed E-state index contributed by atoms with van der Waals surface area (Å²) in [5.41, 5.74) is 5.64. The zero-order chi connectivity index (χ0) is 24.9. The highest BCUT2D eigenvalue weighted by molar-refractivity contribution is 5.95. The molecule has 0 atom stereocenters. The standard InChI is InChI=1S/C28H30N6O2/c1-20(36)30-24-6-2-4-21(18-24)26-7-3-5-22-19-29-28(32-27(22)26)31-23-8-10-25(11-9-23)34-14-12-33(13-15-34)16-17-35/h2-11,18-19,35H,12-17H2,1H3,(H,30,36)(H,29,31,32). The minimum absolute atomic E-state index is 0.103. The molecule has 0 unspecified atom stereocenters.